The van der Waals surface area contributed by atoms with Crippen molar-refractivity contribution < 1.29 is 4.79 Å². The Morgan fingerprint density at radius 3 is 2.67 bits per heavy atom. The van der Waals surface area contributed by atoms with Crippen molar-refractivity contribution in [1.82, 2.24) is 0 Å². The van der Waals surface area contributed by atoms with Gasteiger partial charge in [-0.15, -0.1) is 23.5 Å². The summed E-state index contributed by atoms with van der Waals surface area (Å²) in [7, 11) is 0. The molecule has 0 spiro atoms. The summed E-state index contributed by atoms with van der Waals surface area (Å²) in [6.45, 7) is 0. The molecule has 1 N–H and O–H groups in total. The van der Waals surface area contributed by atoms with Crippen molar-refractivity contribution in [3.05, 3.63) is 63.6 Å². The Kier molecular flexibility index (Phi) is 6.39. The second kappa shape index (κ2) is 8.52. The van der Waals surface area contributed by atoms with E-state index in [4.69, 9.17) is 23.2 Å². The molecule has 3 rings (SSSR count). The SMILES string of the molecule is O=C(Cc1ccc(Cl)cc1Cl)Nc1cccc(C2SCCCS2)c1. The molecule has 0 bridgehead atoms. The smallest absolute Gasteiger partial charge is 0.228 e. The van der Waals surface area contributed by atoms with Crippen LogP contribution in [-0.4, -0.2) is 17.4 Å². The number of carbonyl (C=O) groups excluding carboxylic acids is 1. The monoisotopic (exact) mass is 397 g/mol. The number of rotatable bonds is 4. The average Bonchev–Trinajstić information content (AvgIpc) is 2.58. The molecule has 1 amide bonds. The molecule has 2 aromatic rings. The molecule has 126 valence electrons. The zero-order chi connectivity index (χ0) is 16.9. The maximum atomic E-state index is 12.3. The number of anilines is 1. The van der Waals surface area contributed by atoms with Gasteiger partial charge in [-0.3, -0.25) is 4.79 Å². The maximum Gasteiger partial charge on any atom is 0.228 e. The Morgan fingerprint density at radius 2 is 1.92 bits per heavy atom. The van der Waals surface area contributed by atoms with Gasteiger partial charge in [-0.05, 0) is 53.3 Å². The molecule has 2 aromatic carbocycles. The average molecular weight is 398 g/mol. The number of carbonyl (C=O) groups is 1. The lowest BCUT2D eigenvalue weighted by atomic mass is 10.1. The topological polar surface area (TPSA) is 29.1 Å². The first-order valence-electron chi connectivity index (χ1n) is 7.69. The van der Waals surface area contributed by atoms with Crippen molar-refractivity contribution >= 4 is 58.3 Å². The zero-order valence-corrected chi connectivity index (χ0v) is 16.1. The molecule has 0 aliphatic carbocycles. The summed E-state index contributed by atoms with van der Waals surface area (Å²) < 4.78 is 0.460. The normalized spacial score (nSPS) is 15.2. The Bertz CT molecular complexity index is 733. The van der Waals surface area contributed by atoms with E-state index in [1.807, 2.05) is 35.7 Å². The molecule has 1 aliphatic rings. The molecule has 0 saturated carbocycles. The summed E-state index contributed by atoms with van der Waals surface area (Å²) in [5, 5.41) is 4.05. The van der Waals surface area contributed by atoms with Gasteiger partial charge >= 0.3 is 0 Å². The van der Waals surface area contributed by atoms with E-state index in [1.54, 1.807) is 18.2 Å². The molecule has 2 nitrogen and oxygen atoms in total. The lowest BCUT2D eigenvalue weighted by Crippen LogP contribution is -2.15. The third kappa shape index (κ3) is 4.85. The third-order valence-corrected chi connectivity index (χ3v) is 7.24. The fraction of sp³-hybridized carbons (Fsp3) is 0.278. The number of benzene rings is 2. The highest BCUT2D eigenvalue weighted by Crippen LogP contribution is 2.44. The summed E-state index contributed by atoms with van der Waals surface area (Å²) >= 11 is 16.0. The fourth-order valence-corrected chi connectivity index (χ4v) is 5.84. The van der Waals surface area contributed by atoms with E-state index in [9.17, 15) is 4.79 Å². The molecule has 0 atom stereocenters. The van der Waals surface area contributed by atoms with Gasteiger partial charge in [0, 0.05) is 15.7 Å². The standard InChI is InChI=1S/C18H17Cl2NOS2/c19-14-6-5-12(16(20)11-14)10-17(22)21-15-4-1-3-13(9-15)18-23-7-2-8-24-18/h1,3-6,9,11,18H,2,7-8,10H2,(H,21,22). The molecule has 1 aliphatic heterocycles. The van der Waals surface area contributed by atoms with E-state index in [0.29, 0.717) is 14.6 Å². The number of hydrogen-bond acceptors (Lipinski definition) is 3. The van der Waals surface area contributed by atoms with Gasteiger partial charge in [0.25, 0.3) is 0 Å². The van der Waals surface area contributed by atoms with Crippen LogP contribution in [0.4, 0.5) is 5.69 Å². The van der Waals surface area contributed by atoms with Crippen LogP contribution in [-0.2, 0) is 11.2 Å². The number of hydrogen-bond donors (Lipinski definition) is 1. The van der Waals surface area contributed by atoms with Crippen molar-refractivity contribution in [1.29, 1.82) is 0 Å². The summed E-state index contributed by atoms with van der Waals surface area (Å²) in [5.74, 6) is 2.31. The molecule has 0 aromatic heterocycles. The van der Waals surface area contributed by atoms with Crippen LogP contribution in [0.2, 0.25) is 10.0 Å². The molecule has 24 heavy (non-hydrogen) atoms. The molecular weight excluding hydrogens is 381 g/mol. The molecule has 0 unspecified atom stereocenters. The van der Waals surface area contributed by atoms with Crippen LogP contribution >= 0.6 is 46.7 Å². The number of thioether (sulfide) groups is 2. The number of amides is 1. The minimum atomic E-state index is -0.0830. The second-order valence-electron chi connectivity index (χ2n) is 5.51. The Hall–Kier alpha value is -0.810. The highest BCUT2D eigenvalue weighted by Gasteiger charge is 2.17. The van der Waals surface area contributed by atoms with Gasteiger partial charge in [0.15, 0.2) is 0 Å². The predicted octanol–water partition coefficient (Wildman–Crippen LogP) is 6.04. The van der Waals surface area contributed by atoms with Gasteiger partial charge in [-0.1, -0.05) is 41.4 Å². The fourth-order valence-electron chi connectivity index (χ4n) is 2.49. The molecule has 1 saturated heterocycles. The first-order chi connectivity index (χ1) is 11.6. The van der Waals surface area contributed by atoms with E-state index in [-0.39, 0.29) is 12.3 Å². The molecule has 1 fully saturated rings. The second-order valence-corrected chi connectivity index (χ2v) is 9.08. The van der Waals surface area contributed by atoms with E-state index in [1.165, 1.54) is 23.5 Å². The molecular formula is C18H17Cl2NOS2. The largest absolute Gasteiger partial charge is 0.326 e. The van der Waals surface area contributed by atoms with Gasteiger partial charge in [0.05, 0.1) is 11.0 Å². The highest BCUT2D eigenvalue weighted by atomic mass is 35.5. The predicted molar refractivity (Wildman–Crippen MR) is 108 cm³/mol. The van der Waals surface area contributed by atoms with Gasteiger partial charge in [0.1, 0.15) is 0 Å². The minimum absolute atomic E-state index is 0.0830. The lowest BCUT2D eigenvalue weighted by Gasteiger charge is -2.21. The molecule has 0 radical (unpaired) electrons. The molecule has 1 heterocycles. The minimum Gasteiger partial charge on any atom is -0.326 e. The summed E-state index contributed by atoms with van der Waals surface area (Å²) in [6, 6.07) is 13.3. The van der Waals surface area contributed by atoms with Crippen molar-refractivity contribution in [2.24, 2.45) is 0 Å². The van der Waals surface area contributed by atoms with Crippen LogP contribution in [0.5, 0.6) is 0 Å². The first kappa shape index (κ1) is 18.0. The number of nitrogens with one attached hydrogen (secondary N) is 1. The quantitative estimate of drug-likeness (QED) is 0.681. The first-order valence-corrected chi connectivity index (χ1v) is 10.5. The van der Waals surface area contributed by atoms with Crippen LogP contribution in [0.15, 0.2) is 42.5 Å². The molecule has 6 heteroatoms. The van der Waals surface area contributed by atoms with Gasteiger partial charge in [-0.25, -0.2) is 0 Å². The van der Waals surface area contributed by atoms with Crippen molar-refractivity contribution in [2.75, 3.05) is 16.8 Å². The summed E-state index contributed by atoms with van der Waals surface area (Å²) in [5.41, 5.74) is 2.86. The van der Waals surface area contributed by atoms with Gasteiger partial charge in [-0.2, -0.15) is 0 Å². The van der Waals surface area contributed by atoms with E-state index in [0.717, 1.165) is 11.3 Å². The maximum absolute atomic E-state index is 12.3. The van der Waals surface area contributed by atoms with E-state index >= 15 is 0 Å². The van der Waals surface area contributed by atoms with Gasteiger partial charge in [0.2, 0.25) is 5.91 Å². The Labute approximate surface area is 160 Å². The van der Waals surface area contributed by atoms with Crippen LogP contribution < -0.4 is 5.32 Å². The van der Waals surface area contributed by atoms with Crippen LogP contribution in [0, 0.1) is 0 Å². The van der Waals surface area contributed by atoms with Crippen LogP contribution in [0.25, 0.3) is 0 Å². The highest BCUT2D eigenvalue weighted by molar-refractivity contribution is 8.16. The zero-order valence-electron chi connectivity index (χ0n) is 12.9. The summed E-state index contributed by atoms with van der Waals surface area (Å²) in [4.78, 5) is 12.3. The Morgan fingerprint density at radius 1 is 1.12 bits per heavy atom. The van der Waals surface area contributed by atoms with Crippen LogP contribution in [0.1, 0.15) is 22.1 Å². The van der Waals surface area contributed by atoms with Crippen molar-refractivity contribution in [2.45, 2.75) is 17.4 Å². The van der Waals surface area contributed by atoms with Crippen molar-refractivity contribution in [3.8, 4) is 0 Å². The van der Waals surface area contributed by atoms with E-state index in [2.05, 4.69) is 17.4 Å². The lowest BCUT2D eigenvalue weighted by molar-refractivity contribution is -0.115. The van der Waals surface area contributed by atoms with Gasteiger partial charge < -0.3 is 5.32 Å². The number of halogens is 2. The summed E-state index contributed by atoms with van der Waals surface area (Å²) in [6.07, 6.45) is 1.50. The van der Waals surface area contributed by atoms with Crippen molar-refractivity contribution in [3.63, 3.8) is 0 Å². The Balaban J connectivity index is 1.65. The van der Waals surface area contributed by atoms with Crippen LogP contribution in [0.3, 0.4) is 0 Å². The third-order valence-electron chi connectivity index (χ3n) is 3.64. The van der Waals surface area contributed by atoms with E-state index < -0.39 is 0 Å².